The first-order chi connectivity index (χ1) is 17.7. The molecule has 1 aliphatic heterocycles. The molecule has 13 heteroatoms. The number of anilines is 1. The number of pyridine rings is 2. The van der Waals surface area contributed by atoms with Crippen molar-refractivity contribution in [3.63, 3.8) is 0 Å². The van der Waals surface area contributed by atoms with Gasteiger partial charge in [0.2, 0.25) is 0 Å². The molecule has 194 valence electrons. The van der Waals surface area contributed by atoms with E-state index >= 15 is 0 Å². The van der Waals surface area contributed by atoms with Crippen LogP contribution in [0.1, 0.15) is 5.56 Å². The van der Waals surface area contributed by atoms with Crippen LogP contribution >= 0.6 is 19.4 Å². The fourth-order valence-electron chi connectivity index (χ4n) is 4.50. The molecule has 1 saturated heterocycles. The number of hydrogen-bond acceptors (Lipinski definition) is 6. The zero-order valence-electron chi connectivity index (χ0n) is 19.5. The fraction of sp³-hybridized carbons (Fsp3) is 0.250. The maximum absolute atomic E-state index is 13.8. The van der Waals surface area contributed by atoms with Crippen LogP contribution in [0.15, 0.2) is 59.7 Å². The third-order valence-corrected chi connectivity index (χ3v) is 6.69. The lowest BCUT2D eigenvalue weighted by molar-refractivity contribution is 0.120. The highest BCUT2D eigenvalue weighted by Gasteiger charge is 2.27. The molecule has 0 spiro atoms. The number of hydrogen-bond donors (Lipinski definition) is 2. The monoisotopic (exact) mass is 548 g/mol. The van der Waals surface area contributed by atoms with E-state index in [2.05, 4.69) is 4.98 Å². The summed E-state index contributed by atoms with van der Waals surface area (Å²) in [5.41, 5.74) is 1.95. The van der Waals surface area contributed by atoms with E-state index in [0.29, 0.717) is 59.8 Å². The van der Waals surface area contributed by atoms with Gasteiger partial charge in [0, 0.05) is 47.5 Å². The molecule has 1 aliphatic rings. The first-order valence-electron chi connectivity index (χ1n) is 11.4. The second-order valence-electron chi connectivity index (χ2n) is 8.51. The average Bonchev–Trinajstić information content (AvgIpc) is 3.18. The van der Waals surface area contributed by atoms with Crippen LogP contribution in [0.25, 0.3) is 22.2 Å². The Morgan fingerprint density at radius 1 is 1.16 bits per heavy atom. The number of rotatable bonds is 7. The predicted octanol–water partition coefficient (Wildman–Crippen LogP) is 3.61. The summed E-state index contributed by atoms with van der Waals surface area (Å²) in [6, 6.07) is 10.9. The molecule has 5 rings (SSSR count). The van der Waals surface area contributed by atoms with Crippen LogP contribution in [0.3, 0.4) is 0 Å². The van der Waals surface area contributed by atoms with Gasteiger partial charge in [-0.3, -0.25) is 13.9 Å². The maximum Gasteiger partial charge on any atom is 0.471 e. The Hall–Kier alpha value is -3.05. The fourth-order valence-corrected chi connectivity index (χ4v) is 5.01. The zero-order valence-corrected chi connectivity index (χ0v) is 21.1. The van der Waals surface area contributed by atoms with Crippen molar-refractivity contribution in [3.8, 4) is 11.1 Å². The van der Waals surface area contributed by atoms with Gasteiger partial charge in [-0.1, -0.05) is 11.6 Å². The summed E-state index contributed by atoms with van der Waals surface area (Å²) in [6.45, 7) is 1.67. The Balaban J connectivity index is 1.62. The topological polar surface area (TPSA) is 119 Å². The molecular weight excluding hydrogens is 526 g/mol. The molecule has 2 N–H and O–H groups in total. The highest BCUT2D eigenvalue weighted by molar-refractivity contribution is 7.46. The molecule has 0 atom stereocenters. The molecule has 10 nitrogen and oxygen atoms in total. The molecule has 4 aromatic rings. The standard InChI is InChI=1S/C24H23ClFN4O6P/c25-18-10-16(11-19(26)13-18)14-29-5-3-17(12-21(29)31)22-20-2-1-4-27-23(20)30(15-36-37(32,33)34)24(22)28-6-8-35-9-7-28/h1-5,10-13H,6-9,14-15H2,(H2,32,33,34). The van der Waals surface area contributed by atoms with Gasteiger partial charge in [0.25, 0.3) is 5.56 Å². The summed E-state index contributed by atoms with van der Waals surface area (Å²) < 4.78 is 38.7. The number of halogens is 2. The number of phosphoric acid groups is 1. The van der Waals surface area contributed by atoms with Crippen LogP contribution in [0.4, 0.5) is 10.2 Å². The minimum absolute atomic E-state index is 0.131. The number of morpholine rings is 1. The lowest BCUT2D eigenvalue weighted by atomic mass is 10.1. The van der Waals surface area contributed by atoms with Crippen molar-refractivity contribution >= 4 is 36.3 Å². The molecule has 0 bridgehead atoms. The molecule has 1 fully saturated rings. The Bertz CT molecular complexity index is 1540. The summed E-state index contributed by atoms with van der Waals surface area (Å²) in [6.07, 6.45) is 3.19. The van der Waals surface area contributed by atoms with E-state index in [-0.39, 0.29) is 17.1 Å². The van der Waals surface area contributed by atoms with Crippen LogP contribution in [-0.2, 0) is 27.1 Å². The van der Waals surface area contributed by atoms with Crippen molar-refractivity contribution in [1.82, 2.24) is 14.1 Å². The molecule has 3 aromatic heterocycles. The van der Waals surface area contributed by atoms with Crippen LogP contribution < -0.4 is 10.5 Å². The van der Waals surface area contributed by atoms with Crippen LogP contribution in [0.2, 0.25) is 5.02 Å². The van der Waals surface area contributed by atoms with E-state index in [0.717, 1.165) is 0 Å². The Morgan fingerprint density at radius 2 is 1.95 bits per heavy atom. The maximum atomic E-state index is 13.8. The number of ether oxygens (including phenoxy) is 1. The minimum Gasteiger partial charge on any atom is -0.378 e. The van der Waals surface area contributed by atoms with Crippen molar-refractivity contribution in [2.24, 2.45) is 0 Å². The minimum atomic E-state index is -4.77. The lowest BCUT2D eigenvalue weighted by Gasteiger charge is -2.31. The second-order valence-corrected chi connectivity index (χ2v) is 10.2. The number of fused-ring (bicyclic) bond motifs is 1. The summed E-state index contributed by atoms with van der Waals surface area (Å²) in [7, 11) is -4.77. The van der Waals surface area contributed by atoms with Gasteiger partial charge in [0.05, 0.1) is 19.8 Å². The number of nitrogens with zero attached hydrogens (tertiary/aromatic N) is 4. The van der Waals surface area contributed by atoms with Gasteiger partial charge < -0.3 is 24.0 Å². The van der Waals surface area contributed by atoms with Gasteiger partial charge in [0.15, 0.2) is 0 Å². The number of phosphoric ester groups is 1. The smallest absolute Gasteiger partial charge is 0.378 e. The van der Waals surface area contributed by atoms with Gasteiger partial charge in [-0.15, -0.1) is 0 Å². The highest BCUT2D eigenvalue weighted by Crippen LogP contribution is 2.42. The largest absolute Gasteiger partial charge is 0.471 e. The highest BCUT2D eigenvalue weighted by atomic mass is 35.5. The van der Waals surface area contributed by atoms with Crippen molar-refractivity contribution in [2.45, 2.75) is 13.3 Å². The molecule has 0 amide bonds. The van der Waals surface area contributed by atoms with Gasteiger partial charge in [-0.25, -0.2) is 13.9 Å². The lowest BCUT2D eigenvalue weighted by Crippen LogP contribution is -2.38. The number of aromatic nitrogens is 3. The molecule has 0 saturated carbocycles. The van der Waals surface area contributed by atoms with Crippen LogP contribution in [-0.4, -0.2) is 50.2 Å². The average molecular weight is 549 g/mol. The zero-order chi connectivity index (χ0) is 26.2. The Morgan fingerprint density at radius 3 is 2.65 bits per heavy atom. The predicted molar refractivity (Wildman–Crippen MR) is 136 cm³/mol. The molecule has 37 heavy (non-hydrogen) atoms. The molecule has 4 heterocycles. The molecule has 0 unspecified atom stereocenters. The van der Waals surface area contributed by atoms with Gasteiger partial charge in [-0.2, -0.15) is 0 Å². The van der Waals surface area contributed by atoms with E-state index in [9.17, 15) is 23.5 Å². The van der Waals surface area contributed by atoms with Gasteiger partial charge in [-0.05, 0) is 47.5 Å². The van der Waals surface area contributed by atoms with E-state index in [1.54, 1.807) is 35.2 Å². The van der Waals surface area contributed by atoms with Crippen LogP contribution in [0, 0.1) is 5.82 Å². The SMILES string of the molecule is O=c1cc(-c2c(N3CCOCC3)n(COP(=O)(O)O)c3ncccc23)ccn1Cc1cc(F)cc(Cl)c1. The third kappa shape index (κ3) is 5.62. The molecular formula is C24H23ClFN4O6P. The summed E-state index contributed by atoms with van der Waals surface area (Å²) in [4.78, 5) is 38.3. The molecule has 0 radical (unpaired) electrons. The van der Waals surface area contributed by atoms with Crippen molar-refractivity contribution in [1.29, 1.82) is 0 Å². The number of benzene rings is 1. The third-order valence-electron chi connectivity index (χ3n) is 6.02. The van der Waals surface area contributed by atoms with Crippen molar-refractivity contribution in [2.75, 3.05) is 31.2 Å². The summed E-state index contributed by atoms with van der Waals surface area (Å²) >= 11 is 5.96. The molecule has 0 aliphatic carbocycles. The van der Waals surface area contributed by atoms with Crippen LogP contribution in [0.5, 0.6) is 0 Å². The second kappa shape index (κ2) is 10.4. The first kappa shape index (κ1) is 25.6. The quantitative estimate of drug-likeness (QED) is 0.336. The van der Waals surface area contributed by atoms with Gasteiger partial charge in [0.1, 0.15) is 24.0 Å². The van der Waals surface area contributed by atoms with Gasteiger partial charge >= 0.3 is 7.82 Å². The van der Waals surface area contributed by atoms with Crippen molar-refractivity contribution < 1.29 is 28.0 Å². The van der Waals surface area contributed by atoms with E-state index in [4.69, 9.17) is 20.9 Å². The Labute approximate surface area is 215 Å². The summed E-state index contributed by atoms with van der Waals surface area (Å²) in [5, 5.41) is 0.931. The van der Waals surface area contributed by atoms with E-state index < -0.39 is 20.4 Å². The Kier molecular flexibility index (Phi) is 7.17. The normalized spacial score (nSPS) is 14.4. The van der Waals surface area contributed by atoms with E-state index in [1.165, 1.54) is 22.8 Å². The first-order valence-corrected chi connectivity index (χ1v) is 13.3. The van der Waals surface area contributed by atoms with Crippen molar-refractivity contribution in [3.05, 3.63) is 81.6 Å². The van der Waals surface area contributed by atoms with E-state index in [1.807, 2.05) is 11.0 Å². The summed E-state index contributed by atoms with van der Waals surface area (Å²) in [5.74, 6) is 0.125. The molecule has 1 aromatic carbocycles.